The second kappa shape index (κ2) is 8.45. The summed E-state index contributed by atoms with van der Waals surface area (Å²) in [4.78, 5) is 17.1. The molecule has 6 atom stereocenters. The first-order valence-corrected chi connectivity index (χ1v) is 13.0. The number of ether oxygens (including phenoxy) is 1. The predicted molar refractivity (Wildman–Crippen MR) is 140 cm³/mol. The van der Waals surface area contributed by atoms with Crippen LogP contribution in [0.5, 0.6) is 11.5 Å². The molecule has 2 aliphatic carbocycles. The first-order chi connectivity index (χ1) is 17.7. The van der Waals surface area contributed by atoms with Gasteiger partial charge in [-0.2, -0.15) is 0 Å². The number of β-amino-alcohol motifs (C(OH)–C–C–N with tert-alkyl or cyclic N) is 1. The van der Waals surface area contributed by atoms with Crippen LogP contribution < -0.4 is 4.74 Å². The van der Waals surface area contributed by atoms with Crippen molar-refractivity contribution in [2.75, 3.05) is 20.1 Å². The van der Waals surface area contributed by atoms with E-state index in [-0.39, 0.29) is 17.7 Å². The van der Waals surface area contributed by atoms with Crippen LogP contribution in [0.15, 0.2) is 55.1 Å². The standard InChI is InChI=1S/C30H34N2O5/c1-4-14-32-17-24(34)30-26-20-9-10-22(33)27(26)37-28(30)21(12-13-29(30,36)23(32)16-20)31(3)25(35)11-8-19-7-5-6-18(2)15-19/h4-11,15,21,23-24,28,33-34,36H,1,12-14,16-17H2,2-3H3/b11-8+/t21?,23-,24?,28?,29-,30+/m1/s1. The average molecular weight is 503 g/mol. The lowest BCUT2D eigenvalue weighted by Crippen LogP contribution is -2.82. The zero-order valence-corrected chi connectivity index (χ0v) is 21.3. The highest BCUT2D eigenvalue weighted by Gasteiger charge is 2.76. The number of phenols is 1. The third kappa shape index (κ3) is 3.20. The molecule has 3 unspecified atom stereocenters. The van der Waals surface area contributed by atoms with E-state index in [1.54, 1.807) is 36.2 Å². The summed E-state index contributed by atoms with van der Waals surface area (Å²) in [7, 11) is 1.75. The van der Waals surface area contributed by atoms with Gasteiger partial charge in [-0.1, -0.05) is 42.0 Å². The third-order valence-electron chi connectivity index (χ3n) is 9.23. The molecule has 2 aliphatic heterocycles. The van der Waals surface area contributed by atoms with Crippen LogP contribution >= 0.6 is 0 Å². The van der Waals surface area contributed by atoms with Crippen LogP contribution in [0.2, 0.25) is 0 Å². The molecule has 37 heavy (non-hydrogen) atoms. The van der Waals surface area contributed by atoms with E-state index in [9.17, 15) is 20.1 Å². The van der Waals surface area contributed by atoms with E-state index in [1.165, 1.54) is 0 Å². The van der Waals surface area contributed by atoms with Crippen LogP contribution in [0.25, 0.3) is 6.08 Å². The zero-order chi connectivity index (χ0) is 26.1. The van der Waals surface area contributed by atoms with Gasteiger partial charge in [0.15, 0.2) is 11.5 Å². The molecular formula is C30H34N2O5. The smallest absolute Gasteiger partial charge is 0.246 e. The van der Waals surface area contributed by atoms with Crippen molar-refractivity contribution >= 4 is 12.0 Å². The molecule has 0 radical (unpaired) electrons. The Balaban J connectivity index is 1.41. The number of aromatic hydroxyl groups is 1. The van der Waals surface area contributed by atoms with Gasteiger partial charge in [-0.15, -0.1) is 6.58 Å². The molecule has 6 rings (SSSR count). The number of rotatable bonds is 5. The lowest BCUT2D eigenvalue weighted by atomic mass is 9.47. The number of nitrogens with zero attached hydrogens (tertiary/aromatic N) is 2. The maximum atomic E-state index is 13.4. The summed E-state index contributed by atoms with van der Waals surface area (Å²) in [5.74, 6) is 0.151. The van der Waals surface area contributed by atoms with Crippen LogP contribution in [-0.2, 0) is 16.6 Å². The number of benzene rings is 2. The Hall–Kier alpha value is -3.13. The average Bonchev–Trinajstić information content (AvgIpc) is 3.24. The van der Waals surface area contributed by atoms with Crippen molar-refractivity contribution in [3.63, 3.8) is 0 Å². The van der Waals surface area contributed by atoms with Crippen molar-refractivity contribution in [2.24, 2.45) is 0 Å². The van der Waals surface area contributed by atoms with Crippen LogP contribution in [0.1, 0.15) is 35.1 Å². The molecule has 4 aliphatic rings. The fourth-order valence-electron chi connectivity index (χ4n) is 7.66. The number of carbonyl (C=O) groups is 1. The maximum absolute atomic E-state index is 13.4. The first kappa shape index (κ1) is 24.2. The second-order valence-electron chi connectivity index (χ2n) is 11.1. The number of hydrogen-bond acceptors (Lipinski definition) is 6. The number of amides is 1. The van der Waals surface area contributed by atoms with Gasteiger partial charge < -0.3 is 25.0 Å². The van der Waals surface area contributed by atoms with E-state index < -0.39 is 29.3 Å². The van der Waals surface area contributed by atoms with Gasteiger partial charge in [0.1, 0.15) is 6.10 Å². The molecule has 1 amide bonds. The number of phenolic OH excluding ortho intramolecular Hbond substituents is 1. The Morgan fingerprint density at radius 1 is 1.32 bits per heavy atom. The molecule has 0 aromatic heterocycles. The van der Waals surface area contributed by atoms with Gasteiger partial charge in [0.25, 0.3) is 0 Å². The monoisotopic (exact) mass is 502 g/mol. The summed E-state index contributed by atoms with van der Waals surface area (Å²) >= 11 is 0. The fraction of sp³-hybridized carbons (Fsp3) is 0.433. The van der Waals surface area contributed by atoms with Gasteiger partial charge >= 0.3 is 0 Å². The summed E-state index contributed by atoms with van der Waals surface area (Å²) in [6.07, 6.45) is 5.03. The minimum atomic E-state index is -1.28. The van der Waals surface area contributed by atoms with Gasteiger partial charge in [0.05, 0.1) is 23.2 Å². The summed E-state index contributed by atoms with van der Waals surface area (Å²) in [6, 6.07) is 10.8. The molecule has 2 heterocycles. The number of hydrogen-bond donors (Lipinski definition) is 3. The summed E-state index contributed by atoms with van der Waals surface area (Å²) in [5, 5.41) is 35.1. The quantitative estimate of drug-likeness (QED) is 0.430. The number of carbonyl (C=O) groups excluding carboxylic acids is 1. The van der Waals surface area contributed by atoms with Gasteiger partial charge in [-0.25, -0.2) is 0 Å². The van der Waals surface area contributed by atoms with Gasteiger partial charge in [0, 0.05) is 37.8 Å². The van der Waals surface area contributed by atoms with Crippen molar-refractivity contribution in [1.82, 2.24) is 9.80 Å². The van der Waals surface area contributed by atoms with E-state index >= 15 is 0 Å². The first-order valence-electron chi connectivity index (χ1n) is 13.0. The van der Waals surface area contributed by atoms with Crippen LogP contribution in [-0.4, -0.2) is 81.1 Å². The largest absolute Gasteiger partial charge is 0.504 e. The number of likely N-dealkylation sites (N-methyl/N-ethyl adjacent to an activating group) is 1. The number of aliphatic hydroxyl groups excluding tert-OH is 1. The Bertz CT molecular complexity index is 1310. The predicted octanol–water partition coefficient (Wildman–Crippen LogP) is 2.55. The molecule has 2 fully saturated rings. The topological polar surface area (TPSA) is 93.5 Å². The van der Waals surface area contributed by atoms with Crippen LogP contribution in [0.4, 0.5) is 0 Å². The Labute approximate surface area is 217 Å². The normalized spacial score (nSPS) is 33.6. The van der Waals surface area contributed by atoms with E-state index in [2.05, 4.69) is 11.5 Å². The van der Waals surface area contributed by atoms with Crippen molar-refractivity contribution in [1.29, 1.82) is 0 Å². The van der Waals surface area contributed by atoms with E-state index in [1.807, 2.05) is 37.3 Å². The molecule has 1 spiro atoms. The van der Waals surface area contributed by atoms with E-state index in [0.717, 1.165) is 16.7 Å². The number of piperidine rings is 1. The molecule has 2 aromatic carbocycles. The number of likely N-dealkylation sites (tertiary alicyclic amines) is 1. The van der Waals surface area contributed by atoms with E-state index in [0.29, 0.717) is 43.7 Å². The van der Waals surface area contributed by atoms with Crippen molar-refractivity contribution in [3.05, 3.63) is 77.4 Å². The maximum Gasteiger partial charge on any atom is 0.246 e. The molecular weight excluding hydrogens is 468 g/mol. The summed E-state index contributed by atoms with van der Waals surface area (Å²) in [5.41, 5.74) is 1.31. The lowest BCUT2D eigenvalue weighted by molar-refractivity contribution is -0.234. The van der Waals surface area contributed by atoms with Gasteiger partial charge in [0.2, 0.25) is 5.91 Å². The van der Waals surface area contributed by atoms with Crippen molar-refractivity contribution in [2.45, 2.75) is 61.5 Å². The molecule has 7 nitrogen and oxygen atoms in total. The van der Waals surface area contributed by atoms with Gasteiger partial charge in [-0.05, 0) is 49.5 Å². The Morgan fingerprint density at radius 3 is 2.89 bits per heavy atom. The van der Waals surface area contributed by atoms with E-state index in [4.69, 9.17) is 4.74 Å². The minimum Gasteiger partial charge on any atom is -0.504 e. The van der Waals surface area contributed by atoms with Crippen LogP contribution in [0.3, 0.4) is 0 Å². The fourth-order valence-corrected chi connectivity index (χ4v) is 7.66. The molecule has 2 bridgehead atoms. The summed E-state index contributed by atoms with van der Waals surface area (Å²) < 4.78 is 6.48. The Kier molecular flexibility index (Phi) is 5.53. The molecule has 3 N–H and O–H groups in total. The molecule has 1 saturated carbocycles. The van der Waals surface area contributed by atoms with Crippen molar-refractivity contribution in [3.8, 4) is 11.5 Å². The highest BCUT2D eigenvalue weighted by Crippen LogP contribution is 2.65. The minimum absolute atomic E-state index is 0.00359. The summed E-state index contributed by atoms with van der Waals surface area (Å²) in [6.45, 7) is 6.79. The lowest BCUT2D eigenvalue weighted by Gasteiger charge is -2.66. The molecule has 2 aromatic rings. The molecule has 194 valence electrons. The highest BCUT2D eigenvalue weighted by molar-refractivity contribution is 5.92. The number of aliphatic hydroxyl groups is 2. The van der Waals surface area contributed by atoms with Gasteiger partial charge in [-0.3, -0.25) is 9.69 Å². The Morgan fingerprint density at radius 2 is 2.14 bits per heavy atom. The molecule has 7 heteroatoms. The molecule has 1 saturated heterocycles. The third-order valence-corrected chi connectivity index (χ3v) is 9.23. The highest BCUT2D eigenvalue weighted by atomic mass is 16.5. The van der Waals surface area contributed by atoms with Crippen molar-refractivity contribution < 1.29 is 24.9 Å². The zero-order valence-electron chi connectivity index (χ0n) is 21.3. The number of aryl methyl sites for hydroxylation is 1. The van der Waals surface area contributed by atoms with Crippen LogP contribution in [0, 0.1) is 6.92 Å². The SMILES string of the molecule is C=CCN1CC(O)[C@]23c4c5ccc(O)c4OC2C(N(C)C(=O)/C=C/c2cccc(C)c2)CC[C@@]3(O)[C@H]1C5. The second-order valence-corrected chi connectivity index (χ2v) is 11.1.